The van der Waals surface area contributed by atoms with Gasteiger partial charge in [0.2, 0.25) is 5.43 Å². The molecule has 0 unspecified atom stereocenters. The number of hydrogen-bond donors (Lipinski definition) is 2. The van der Waals surface area contributed by atoms with Gasteiger partial charge in [-0.1, -0.05) is 67.5 Å². The summed E-state index contributed by atoms with van der Waals surface area (Å²) in [5.74, 6) is -0.273. The average molecular weight is 481 g/mol. The van der Waals surface area contributed by atoms with Crippen LogP contribution >= 0.6 is 0 Å². The largest absolute Gasteiger partial charge is 0.513 e. The highest BCUT2D eigenvalue weighted by molar-refractivity contribution is 6.06. The average Bonchev–Trinajstić information content (AvgIpc) is 2.79. The number of aromatic amines is 1. The van der Waals surface area contributed by atoms with Gasteiger partial charge in [-0.25, -0.2) is 4.79 Å². The second-order valence-corrected chi connectivity index (χ2v) is 9.98. The molecule has 2 aromatic carbocycles. The molecule has 0 atom stereocenters. The van der Waals surface area contributed by atoms with Crippen LogP contribution in [0.15, 0.2) is 47.4 Å². The Kier molecular flexibility index (Phi) is 8.50. The number of H-pyrrole nitrogens is 1. The van der Waals surface area contributed by atoms with Crippen LogP contribution in [-0.2, 0) is 15.6 Å². The minimum atomic E-state index is -0.854. The number of aromatic nitrogens is 1. The molecule has 3 aromatic rings. The Bertz CT molecular complexity index is 1280. The lowest BCUT2D eigenvalue weighted by Crippen LogP contribution is -2.25. The number of para-hydroxylation sites is 1. The molecule has 0 fully saturated rings. The molecule has 0 saturated heterocycles. The summed E-state index contributed by atoms with van der Waals surface area (Å²) in [7, 11) is 1.23. The Balaban J connectivity index is 0.00000210. The fourth-order valence-corrected chi connectivity index (χ4v) is 3.63. The fraction of sp³-hybridized carbons (Fsp3) is 0.393. The molecule has 1 heterocycles. The summed E-state index contributed by atoms with van der Waals surface area (Å²) in [6, 6.07) is 10.6. The monoisotopic (exact) mass is 480 g/mol. The van der Waals surface area contributed by atoms with Crippen molar-refractivity contribution in [3.8, 4) is 5.75 Å². The summed E-state index contributed by atoms with van der Waals surface area (Å²) in [5.41, 5.74) is 1.67. The molecule has 188 valence electrons. The predicted octanol–water partition coefficient (Wildman–Crippen LogP) is 6.55. The third kappa shape index (κ3) is 6.29. The van der Waals surface area contributed by atoms with E-state index in [0.717, 1.165) is 11.1 Å². The van der Waals surface area contributed by atoms with Crippen molar-refractivity contribution in [2.75, 3.05) is 12.4 Å². The molecular weight excluding hydrogens is 444 g/mol. The van der Waals surface area contributed by atoms with Crippen LogP contribution in [0.4, 0.5) is 10.5 Å². The van der Waals surface area contributed by atoms with Crippen molar-refractivity contribution < 1.29 is 19.1 Å². The molecule has 0 aliphatic rings. The number of amides is 1. The van der Waals surface area contributed by atoms with E-state index in [1.54, 1.807) is 24.3 Å². The highest BCUT2D eigenvalue weighted by Crippen LogP contribution is 2.40. The van der Waals surface area contributed by atoms with Gasteiger partial charge in [-0.2, -0.15) is 0 Å². The summed E-state index contributed by atoms with van der Waals surface area (Å²) in [4.78, 5) is 41.0. The number of carbonyl (C=O) groups excluding carboxylic acids is 2. The van der Waals surface area contributed by atoms with Crippen molar-refractivity contribution in [3.63, 3.8) is 0 Å². The normalized spacial score (nSPS) is 11.3. The maximum Gasteiger partial charge on any atom is 0.513 e. The molecule has 7 nitrogen and oxygen atoms in total. The van der Waals surface area contributed by atoms with E-state index in [4.69, 9.17) is 4.74 Å². The topological polar surface area (TPSA) is 97.5 Å². The smallest absolute Gasteiger partial charge is 0.437 e. The van der Waals surface area contributed by atoms with Crippen molar-refractivity contribution in [2.45, 2.75) is 66.2 Å². The molecule has 1 aromatic heterocycles. The number of nitrogens with one attached hydrogen (secondary N) is 2. The van der Waals surface area contributed by atoms with Crippen molar-refractivity contribution in [2.24, 2.45) is 0 Å². The van der Waals surface area contributed by atoms with Crippen LogP contribution in [0.1, 0.15) is 76.9 Å². The summed E-state index contributed by atoms with van der Waals surface area (Å²) in [6.07, 6.45) is 0.554. The standard InChI is InChI=1S/C26H30N2O5.C2H6/c1-25(2,3)17-12-18(26(4,5)6)21(33-24(31)32-7)13-20(17)28-23(30)16-14-27-19-11-9-8-10-15(19)22(16)29;1-2/h8-14H,1-7H3,(H,27,29)(H,28,30);1-2H3. The Labute approximate surface area is 206 Å². The lowest BCUT2D eigenvalue weighted by molar-refractivity contribution is 0.102. The van der Waals surface area contributed by atoms with E-state index in [1.165, 1.54) is 13.3 Å². The maximum atomic E-state index is 13.2. The van der Waals surface area contributed by atoms with Gasteiger partial charge in [0.25, 0.3) is 5.91 Å². The number of pyridine rings is 1. The number of hydrogen-bond acceptors (Lipinski definition) is 5. The minimum Gasteiger partial charge on any atom is -0.437 e. The van der Waals surface area contributed by atoms with Gasteiger partial charge in [0.15, 0.2) is 0 Å². The summed E-state index contributed by atoms with van der Waals surface area (Å²) in [6.45, 7) is 16.1. The molecule has 3 rings (SSSR count). The number of fused-ring (bicyclic) bond motifs is 1. The van der Waals surface area contributed by atoms with Gasteiger partial charge in [0.05, 0.1) is 7.11 Å². The van der Waals surface area contributed by atoms with E-state index < -0.39 is 12.1 Å². The summed E-state index contributed by atoms with van der Waals surface area (Å²) in [5, 5.41) is 3.29. The predicted molar refractivity (Wildman–Crippen MR) is 141 cm³/mol. The molecule has 0 aliphatic heterocycles. The van der Waals surface area contributed by atoms with Crippen LogP contribution in [-0.4, -0.2) is 24.2 Å². The van der Waals surface area contributed by atoms with E-state index in [-0.39, 0.29) is 27.6 Å². The van der Waals surface area contributed by atoms with E-state index in [0.29, 0.717) is 16.6 Å². The number of anilines is 1. The minimum absolute atomic E-state index is 0.0103. The summed E-state index contributed by atoms with van der Waals surface area (Å²) >= 11 is 0. The van der Waals surface area contributed by atoms with Crippen molar-refractivity contribution in [3.05, 3.63) is 69.5 Å². The Hall–Kier alpha value is -3.61. The quantitative estimate of drug-likeness (QED) is 0.327. The molecule has 0 aliphatic carbocycles. The third-order valence-corrected chi connectivity index (χ3v) is 5.38. The zero-order valence-electron chi connectivity index (χ0n) is 22.1. The second kappa shape index (κ2) is 10.8. The lowest BCUT2D eigenvalue weighted by atomic mass is 9.79. The molecule has 7 heteroatoms. The number of ether oxygens (including phenoxy) is 2. The number of carbonyl (C=O) groups is 2. The number of rotatable bonds is 3. The number of benzene rings is 2. The zero-order chi connectivity index (χ0) is 26.6. The van der Waals surface area contributed by atoms with Crippen molar-refractivity contribution in [1.29, 1.82) is 0 Å². The van der Waals surface area contributed by atoms with Crippen LogP contribution in [0.5, 0.6) is 5.75 Å². The molecule has 0 spiro atoms. The third-order valence-electron chi connectivity index (χ3n) is 5.38. The first-order chi connectivity index (χ1) is 16.3. The molecule has 0 bridgehead atoms. The lowest BCUT2D eigenvalue weighted by Gasteiger charge is -2.29. The van der Waals surface area contributed by atoms with Crippen molar-refractivity contribution >= 4 is 28.7 Å². The fourth-order valence-electron chi connectivity index (χ4n) is 3.63. The van der Waals surface area contributed by atoms with Crippen molar-refractivity contribution in [1.82, 2.24) is 4.98 Å². The Morgan fingerprint density at radius 3 is 2.09 bits per heavy atom. The van der Waals surface area contributed by atoms with Gasteiger partial charge in [0.1, 0.15) is 11.3 Å². The SMILES string of the molecule is CC.COC(=O)Oc1cc(NC(=O)c2c[nH]c3ccccc3c2=O)c(C(C)(C)C)cc1C(C)(C)C. The van der Waals surface area contributed by atoms with Crippen LogP contribution in [0, 0.1) is 0 Å². The van der Waals surface area contributed by atoms with E-state index in [2.05, 4.69) is 15.0 Å². The number of methoxy groups -OCH3 is 1. The van der Waals surface area contributed by atoms with Gasteiger partial charge < -0.3 is 19.8 Å². The molecule has 1 amide bonds. The molecular formula is C28H36N2O5. The zero-order valence-corrected chi connectivity index (χ0v) is 22.1. The molecule has 35 heavy (non-hydrogen) atoms. The van der Waals surface area contributed by atoms with E-state index >= 15 is 0 Å². The Morgan fingerprint density at radius 1 is 0.914 bits per heavy atom. The Morgan fingerprint density at radius 2 is 1.51 bits per heavy atom. The second-order valence-electron chi connectivity index (χ2n) is 9.98. The van der Waals surface area contributed by atoms with Gasteiger partial charge >= 0.3 is 6.16 Å². The van der Waals surface area contributed by atoms with E-state index in [1.807, 2.05) is 67.5 Å². The molecule has 2 N–H and O–H groups in total. The van der Waals surface area contributed by atoms with Crippen LogP contribution in [0.25, 0.3) is 10.9 Å². The first kappa shape index (κ1) is 27.6. The highest BCUT2D eigenvalue weighted by atomic mass is 16.7. The van der Waals surface area contributed by atoms with Crippen LogP contribution in [0.3, 0.4) is 0 Å². The first-order valence-electron chi connectivity index (χ1n) is 11.7. The van der Waals surface area contributed by atoms with Crippen LogP contribution < -0.4 is 15.5 Å². The molecule has 0 radical (unpaired) electrons. The maximum absolute atomic E-state index is 13.2. The van der Waals surface area contributed by atoms with Gasteiger partial charge in [0, 0.05) is 34.4 Å². The highest BCUT2D eigenvalue weighted by Gasteiger charge is 2.28. The van der Waals surface area contributed by atoms with Gasteiger partial charge in [-0.05, 0) is 34.6 Å². The van der Waals surface area contributed by atoms with E-state index in [9.17, 15) is 14.4 Å². The first-order valence-corrected chi connectivity index (χ1v) is 11.7. The van der Waals surface area contributed by atoms with Gasteiger partial charge in [-0.15, -0.1) is 0 Å². The van der Waals surface area contributed by atoms with Crippen LogP contribution in [0.2, 0.25) is 0 Å². The molecule has 0 saturated carbocycles. The summed E-state index contributed by atoms with van der Waals surface area (Å²) < 4.78 is 10.1. The van der Waals surface area contributed by atoms with Gasteiger partial charge in [-0.3, -0.25) is 9.59 Å².